The predicted octanol–water partition coefficient (Wildman–Crippen LogP) is 5.96. The van der Waals surface area contributed by atoms with Crippen LogP contribution in [0, 0.1) is 11.5 Å². The average molecular weight is 267 g/mol. The molecular formula is C17H33NO. The van der Waals surface area contributed by atoms with Gasteiger partial charge in [-0.1, -0.05) is 71.6 Å². The molecule has 112 valence electrons. The second-order valence-corrected chi connectivity index (χ2v) is 5.59. The second-order valence-electron chi connectivity index (χ2n) is 5.59. The first-order valence-corrected chi connectivity index (χ1v) is 8.39. The van der Waals surface area contributed by atoms with Gasteiger partial charge >= 0.3 is 0 Å². The molecule has 0 saturated heterocycles. The molecule has 0 aliphatic rings. The molecule has 0 amide bonds. The zero-order valence-corrected chi connectivity index (χ0v) is 13.1. The van der Waals surface area contributed by atoms with Crippen LogP contribution in [0.4, 0.5) is 0 Å². The van der Waals surface area contributed by atoms with Crippen molar-refractivity contribution in [2.75, 3.05) is 0 Å². The molecule has 0 saturated carbocycles. The topological polar surface area (TPSA) is 33.0 Å². The molecule has 0 rings (SSSR count). The fraction of sp³-hybridized carbons (Fsp3) is 0.941. The molecule has 1 atom stereocenters. The number of nitrogens with zero attached hydrogens (tertiary/aromatic N) is 1. The van der Waals surface area contributed by atoms with Crippen molar-refractivity contribution in [2.45, 2.75) is 103 Å². The van der Waals surface area contributed by atoms with E-state index in [9.17, 15) is 0 Å². The number of nitriles is 1. The summed E-state index contributed by atoms with van der Waals surface area (Å²) in [6, 6.07) is 0. The van der Waals surface area contributed by atoms with Gasteiger partial charge in [-0.3, -0.25) is 0 Å². The summed E-state index contributed by atoms with van der Waals surface area (Å²) in [4.78, 5) is 0. The summed E-state index contributed by atoms with van der Waals surface area (Å²) >= 11 is 0. The Morgan fingerprint density at radius 3 is 1.68 bits per heavy atom. The van der Waals surface area contributed by atoms with E-state index in [1.165, 1.54) is 70.6 Å². The molecule has 0 N–H and O–H groups in total. The van der Waals surface area contributed by atoms with Gasteiger partial charge in [-0.2, -0.15) is 5.26 Å². The Bertz CT molecular complexity index is 210. The smallest absolute Gasteiger partial charge is 0.286 e. The highest BCUT2D eigenvalue weighted by molar-refractivity contribution is 4.64. The molecule has 1 unspecified atom stereocenters. The van der Waals surface area contributed by atoms with Gasteiger partial charge in [0.05, 0.1) is 0 Å². The molecule has 0 aliphatic heterocycles. The van der Waals surface area contributed by atoms with E-state index in [0.717, 1.165) is 12.8 Å². The molecule has 0 aliphatic carbocycles. The third-order valence-electron chi connectivity index (χ3n) is 3.73. The number of hydrogen-bond donors (Lipinski definition) is 0. The predicted molar refractivity (Wildman–Crippen MR) is 81.9 cm³/mol. The van der Waals surface area contributed by atoms with Crippen molar-refractivity contribution in [3.8, 4) is 6.26 Å². The van der Waals surface area contributed by atoms with Crippen LogP contribution in [-0.4, -0.2) is 6.10 Å². The van der Waals surface area contributed by atoms with Gasteiger partial charge in [-0.05, 0) is 25.7 Å². The Morgan fingerprint density at radius 2 is 1.16 bits per heavy atom. The summed E-state index contributed by atoms with van der Waals surface area (Å²) in [5.74, 6) is 0. The normalized spacial score (nSPS) is 12.1. The first kappa shape index (κ1) is 18.3. The van der Waals surface area contributed by atoms with Crippen molar-refractivity contribution < 1.29 is 4.74 Å². The Labute approximate surface area is 120 Å². The molecule has 0 aromatic carbocycles. The van der Waals surface area contributed by atoms with Crippen LogP contribution in [0.2, 0.25) is 0 Å². The zero-order chi connectivity index (χ0) is 14.2. The minimum absolute atomic E-state index is 0.177. The number of unbranched alkanes of at least 4 members (excludes halogenated alkanes) is 9. The lowest BCUT2D eigenvalue weighted by molar-refractivity contribution is 0.136. The molecule has 2 nitrogen and oxygen atoms in total. The minimum Gasteiger partial charge on any atom is -0.424 e. The van der Waals surface area contributed by atoms with E-state index >= 15 is 0 Å². The van der Waals surface area contributed by atoms with Gasteiger partial charge < -0.3 is 4.74 Å². The summed E-state index contributed by atoms with van der Waals surface area (Å²) in [6.07, 6.45) is 18.6. The van der Waals surface area contributed by atoms with E-state index in [1.54, 1.807) is 0 Å². The van der Waals surface area contributed by atoms with Crippen molar-refractivity contribution in [1.29, 1.82) is 5.26 Å². The van der Waals surface area contributed by atoms with E-state index in [1.807, 2.05) is 6.26 Å². The van der Waals surface area contributed by atoms with Crippen LogP contribution in [0.1, 0.15) is 97.3 Å². The Balaban J connectivity index is 3.40. The molecule has 0 fully saturated rings. The lowest BCUT2D eigenvalue weighted by atomic mass is 10.0. The highest BCUT2D eigenvalue weighted by Crippen LogP contribution is 2.15. The van der Waals surface area contributed by atoms with E-state index < -0.39 is 0 Å². The standard InChI is InChI=1S/C17H33NO/c1-3-5-7-8-9-10-11-13-15-17(19-16-18)14-12-6-4-2/h17H,3-15H2,1-2H3. The van der Waals surface area contributed by atoms with Gasteiger partial charge in [0.2, 0.25) is 0 Å². The van der Waals surface area contributed by atoms with Gasteiger partial charge in [0, 0.05) is 0 Å². The van der Waals surface area contributed by atoms with Gasteiger partial charge in [-0.15, -0.1) is 0 Å². The molecular weight excluding hydrogens is 234 g/mol. The maximum Gasteiger partial charge on any atom is 0.286 e. The quantitative estimate of drug-likeness (QED) is 0.287. The molecule has 2 heteroatoms. The highest BCUT2D eigenvalue weighted by atomic mass is 16.5. The van der Waals surface area contributed by atoms with E-state index in [2.05, 4.69) is 13.8 Å². The van der Waals surface area contributed by atoms with Gasteiger partial charge in [0.25, 0.3) is 6.26 Å². The van der Waals surface area contributed by atoms with Crippen LogP contribution in [-0.2, 0) is 4.74 Å². The first-order valence-electron chi connectivity index (χ1n) is 8.39. The van der Waals surface area contributed by atoms with Gasteiger partial charge in [0.1, 0.15) is 6.10 Å². The molecule has 19 heavy (non-hydrogen) atoms. The van der Waals surface area contributed by atoms with Crippen LogP contribution >= 0.6 is 0 Å². The maximum absolute atomic E-state index is 8.64. The van der Waals surface area contributed by atoms with Crippen LogP contribution in [0.25, 0.3) is 0 Å². The van der Waals surface area contributed by atoms with Crippen molar-refractivity contribution in [1.82, 2.24) is 0 Å². The van der Waals surface area contributed by atoms with Crippen molar-refractivity contribution >= 4 is 0 Å². The lowest BCUT2D eigenvalue weighted by Crippen LogP contribution is -2.09. The fourth-order valence-electron chi connectivity index (χ4n) is 2.46. The molecule has 0 spiro atoms. The third kappa shape index (κ3) is 13.5. The van der Waals surface area contributed by atoms with Crippen molar-refractivity contribution in [3.63, 3.8) is 0 Å². The summed E-state index contributed by atoms with van der Waals surface area (Å²) < 4.78 is 5.15. The molecule has 0 aromatic rings. The molecule has 0 aromatic heterocycles. The summed E-state index contributed by atoms with van der Waals surface area (Å²) in [5, 5.41) is 8.64. The maximum atomic E-state index is 8.64. The second kappa shape index (κ2) is 15.3. The Morgan fingerprint density at radius 1 is 0.737 bits per heavy atom. The summed E-state index contributed by atoms with van der Waals surface area (Å²) in [7, 11) is 0. The number of hydrogen-bond acceptors (Lipinski definition) is 2. The van der Waals surface area contributed by atoms with Crippen molar-refractivity contribution in [2.24, 2.45) is 0 Å². The van der Waals surface area contributed by atoms with E-state index in [0.29, 0.717) is 0 Å². The third-order valence-corrected chi connectivity index (χ3v) is 3.73. The largest absolute Gasteiger partial charge is 0.424 e. The molecule has 0 radical (unpaired) electrons. The van der Waals surface area contributed by atoms with Crippen LogP contribution in [0.5, 0.6) is 0 Å². The van der Waals surface area contributed by atoms with Crippen molar-refractivity contribution in [3.05, 3.63) is 0 Å². The monoisotopic (exact) mass is 267 g/mol. The lowest BCUT2D eigenvalue weighted by Gasteiger charge is -2.13. The fourth-order valence-corrected chi connectivity index (χ4v) is 2.46. The summed E-state index contributed by atoms with van der Waals surface area (Å²) in [6.45, 7) is 4.46. The number of ether oxygens (including phenoxy) is 1. The first-order chi connectivity index (χ1) is 9.35. The minimum atomic E-state index is 0.177. The van der Waals surface area contributed by atoms with Crippen LogP contribution in [0.3, 0.4) is 0 Å². The van der Waals surface area contributed by atoms with Crippen LogP contribution < -0.4 is 0 Å². The Kier molecular flexibility index (Phi) is 14.8. The SMILES string of the molecule is CCCCCCCCCCC(CCCCC)OC#N. The zero-order valence-electron chi connectivity index (χ0n) is 13.1. The van der Waals surface area contributed by atoms with Gasteiger partial charge in [0.15, 0.2) is 0 Å². The van der Waals surface area contributed by atoms with E-state index in [4.69, 9.17) is 10.00 Å². The van der Waals surface area contributed by atoms with E-state index in [-0.39, 0.29) is 6.10 Å². The Hall–Kier alpha value is -0.710. The van der Waals surface area contributed by atoms with Crippen LogP contribution in [0.15, 0.2) is 0 Å². The molecule has 0 bridgehead atoms. The number of rotatable bonds is 14. The van der Waals surface area contributed by atoms with Gasteiger partial charge in [-0.25, -0.2) is 0 Å². The summed E-state index contributed by atoms with van der Waals surface area (Å²) in [5.41, 5.74) is 0. The molecule has 0 heterocycles. The highest BCUT2D eigenvalue weighted by Gasteiger charge is 2.08. The average Bonchev–Trinajstić information content (AvgIpc) is 2.42.